The number of carbonyl (C=O) groups excluding carboxylic acids is 1. The summed E-state index contributed by atoms with van der Waals surface area (Å²) in [6.07, 6.45) is -0.597. The van der Waals surface area contributed by atoms with Gasteiger partial charge >= 0.3 is 12.1 Å². The first-order valence-corrected chi connectivity index (χ1v) is 8.87. The van der Waals surface area contributed by atoms with Crippen molar-refractivity contribution in [3.63, 3.8) is 0 Å². The second kappa shape index (κ2) is 8.72. The number of aliphatic carboxylic acids is 1. The maximum Gasteiger partial charge on any atom is 0.490 e. The van der Waals surface area contributed by atoms with Gasteiger partial charge in [0.05, 0.1) is 6.04 Å². The molecule has 2 fully saturated rings. The molecule has 2 aliphatic rings. The number of aromatic nitrogens is 2. The monoisotopic (exact) mass is 403 g/mol. The highest BCUT2D eigenvalue weighted by atomic mass is 19.4. The number of carboxylic acid groups (broad SMARTS) is 1. The highest BCUT2D eigenvalue weighted by molar-refractivity contribution is 5.82. The van der Waals surface area contributed by atoms with E-state index in [4.69, 9.17) is 9.90 Å². The molecule has 0 radical (unpaired) electrons. The third kappa shape index (κ3) is 4.89. The molecule has 0 aromatic carbocycles. The number of nitrogens with one attached hydrogen (secondary N) is 1. The molecule has 2 aliphatic heterocycles. The van der Waals surface area contributed by atoms with Gasteiger partial charge in [-0.3, -0.25) is 9.69 Å². The molecule has 0 bridgehead atoms. The Labute approximate surface area is 160 Å². The molecule has 28 heavy (non-hydrogen) atoms. The van der Waals surface area contributed by atoms with Crippen molar-refractivity contribution < 1.29 is 27.9 Å². The molecule has 156 valence electrons. The van der Waals surface area contributed by atoms with Crippen LogP contribution in [0, 0.1) is 5.92 Å². The molecule has 0 aliphatic carbocycles. The summed E-state index contributed by atoms with van der Waals surface area (Å²) in [4.78, 5) is 34.3. The number of carbonyl (C=O) groups is 2. The van der Waals surface area contributed by atoms with Crippen molar-refractivity contribution in [3.8, 4) is 0 Å². The molecule has 1 aromatic rings. The molecule has 0 unspecified atom stereocenters. The Morgan fingerprint density at radius 1 is 1.25 bits per heavy atom. The average Bonchev–Trinajstić information content (AvgIpc) is 3.19. The fourth-order valence-electron chi connectivity index (χ4n) is 3.83. The van der Waals surface area contributed by atoms with Crippen LogP contribution in [0.1, 0.15) is 20.3 Å². The summed E-state index contributed by atoms with van der Waals surface area (Å²) >= 11 is 0. The Bertz CT molecular complexity index is 686. The lowest BCUT2D eigenvalue weighted by Crippen LogP contribution is -2.50. The van der Waals surface area contributed by atoms with Crippen LogP contribution in [0.25, 0.3) is 0 Å². The smallest absolute Gasteiger partial charge is 0.475 e. The van der Waals surface area contributed by atoms with Gasteiger partial charge in [0.25, 0.3) is 0 Å². The van der Waals surface area contributed by atoms with Crippen LogP contribution in [-0.2, 0) is 9.59 Å². The Kier molecular flexibility index (Phi) is 6.81. The van der Waals surface area contributed by atoms with Crippen LogP contribution in [0.4, 0.5) is 19.1 Å². The topological polar surface area (TPSA) is 98.7 Å². The third-order valence-electron chi connectivity index (χ3n) is 4.90. The van der Waals surface area contributed by atoms with Crippen molar-refractivity contribution in [1.82, 2.24) is 20.2 Å². The molecule has 11 heteroatoms. The van der Waals surface area contributed by atoms with E-state index in [1.54, 1.807) is 19.4 Å². The standard InChI is InChI=1S/C15H23N5O.C2HF3O2/c1-10(2)20-12(14(21)16-3)7-11-8-19(9-13(11)20)15-17-5-4-6-18-15;3-2(4,5)1(6)7/h4-6,10-13H,7-9H2,1-3H3,(H,16,21);(H,6,7)/t11-,12-,13+;/m0./s1. The minimum Gasteiger partial charge on any atom is -0.475 e. The van der Waals surface area contributed by atoms with E-state index in [1.165, 1.54) is 0 Å². The zero-order valence-corrected chi connectivity index (χ0v) is 15.8. The molecule has 1 aromatic heterocycles. The summed E-state index contributed by atoms with van der Waals surface area (Å²) in [7, 11) is 1.72. The van der Waals surface area contributed by atoms with Crippen LogP contribution >= 0.6 is 0 Å². The predicted molar refractivity (Wildman–Crippen MR) is 94.7 cm³/mol. The highest BCUT2D eigenvalue weighted by Gasteiger charge is 2.49. The van der Waals surface area contributed by atoms with Gasteiger partial charge in [0, 0.05) is 44.6 Å². The van der Waals surface area contributed by atoms with Gasteiger partial charge in [-0.1, -0.05) is 0 Å². The average molecular weight is 403 g/mol. The predicted octanol–water partition coefficient (Wildman–Crippen LogP) is 1.14. The Morgan fingerprint density at radius 3 is 2.29 bits per heavy atom. The second-order valence-electron chi connectivity index (χ2n) is 6.99. The van der Waals surface area contributed by atoms with Crippen molar-refractivity contribution >= 4 is 17.8 Å². The van der Waals surface area contributed by atoms with Crippen molar-refractivity contribution in [3.05, 3.63) is 18.5 Å². The molecule has 8 nitrogen and oxygen atoms in total. The first-order valence-electron chi connectivity index (χ1n) is 8.87. The number of alkyl halides is 3. The van der Waals surface area contributed by atoms with Crippen LogP contribution in [0.3, 0.4) is 0 Å². The Hall–Kier alpha value is -2.43. The Morgan fingerprint density at radius 2 is 1.82 bits per heavy atom. The molecule has 0 saturated carbocycles. The summed E-state index contributed by atoms with van der Waals surface area (Å²) in [5, 5.41) is 9.93. The van der Waals surface area contributed by atoms with Crippen LogP contribution in [0.2, 0.25) is 0 Å². The second-order valence-corrected chi connectivity index (χ2v) is 6.99. The van der Waals surface area contributed by atoms with E-state index in [0.717, 1.165) is 25.5 Å². The summed E-state index contributed by atoms with van der Waals surface area (Å²) in [6, 6.07) is 2.61. The van der Waals surface area contributed by atoms with Gasteiger partial charge in [-0.25, -0.2) is 14.8 Å². The molecular weight excluding hydrogens is 379 g/mol. The number of nitrogens with zero attached hydrogens (tertiary/aromatic N) is 4. The van der Waals surface area contributed by atoms with Gasteiger partial charge in [0.1, 0.15) is 0 Å². The van der Waals surface area contributed by atoms with Crippen molar-refractivity contribution in [1.29, 1.82) is 0 Å². The zero-order chi connectivity index (χ0) is 21.1. The largest absolute Gasteiger partial charge is 0.490 e. The van der Waals surface area contributed by atoms with Crippen molar-refractivity contribution in [2.45, 2.75) is 44.6 Å². The normalized spacial score (nSPS) is 24.5. The number of hydrogen-bond acceptors (Lipinski definition) is 6. The van der Waals surface area contributed by atoms with E-state index in [-0.39, 0.29) is 11.9 Å². The van der Waals surface area contributed by atoms with Gasteiger partial charge in [-0.2, -0.15) is 13.2 Å². The number of amides is 1. The number of carboxylic acids is 1. The number of likely N-dealkylation sites (tertiary alicyclic amines) is 1. The number of rotatable bonds is 3. The molecular formula is C17H24F3N5O3. The van der Waals surface area contributed by atoms with Crippen LogP contribution in [0.5, 0.6) is 0 Å². The minimum absolute atomic E-state index is 0.00356. The minimum atomic E-state index is -5.08. The van der Waals surface area contributed by atoms with E-state index in [0.29, 0.717) is 18.0 Å². The van der Waals surface area contributed by atoms with Crippen molar-refractivity contribution in [2.24, 2.45) is 5.92 Å². The number of anilines is 1. The number of halogens is 3. The molecule has 2 N–H and O–H groups in total. The lowest BCUT2D eigenvalue weighted by molar-refractivity contribution is -0.192. The van der Waals surface area contributed by atoms with E-state index in [9.17, 15) is 18.0 Å². The summed E-state index contributed by atoms with van der Waals surface area (Å²) in [5.74, 6) is -1.31. The maximum atomic E-state index is 12.1. The van der Waals surface area contributed by atoms with Crippen LogP contribution in [-0.4, -0.2) is 76.3 Å². The summed E-state index contributed by atoms with van der Waals surface area (Å²) in [5.41, 5.74) is 0. The fourth-order valence-corrected chi connectivity index (χ4v) is 3.83. The molecule has 3 atom stereocenters. The van der Waals surface area contributed by atoms with Crippen LogP contribution in [0.15, 0.2) is 18.5 Å². The SMILES string of the molecule is CNC(=O)[C@@H]1C[C@H]2CN(c3ncccn3)C[C@H]2N1C(C)C.O=C(O)C(F)(F)F. The zero-order valence-electron chi connectivity index (χ0n) is 15.8. The molecule has 2 saturated heterocycles. The number of likely N-dealkylation sites (N-methyl/N-ethyl adjacent to an activating group) is 1. The van der Waals surface area contributed by atoms with Gasteiger partial charge in [-0.05, 0) is 32.3 Å². The van der Waals surface area contributed by atoms with Crippen molar-refractivity contribution in [2.75, 3.05) is 25.0 Å². The molecule has 1 amide bonds. The first kappa shape index (κ1) is 21.9. The first-order chi connectivity index (χ1) is 13.1. The van der Waals surface area contributed by atoms with Gasteiger partial charge in [-0.15, -0.1) is 0 Å². The van der Waals surface area contributed by atoms with E-state index in [2.05, 4.69) is 38.9 Å². The highest BCUT2D eigenvalue weighted by Crippen LogP contribution is 2.38. The molecule has 0 spiro atoms. The van der Waals surface area contributed by atoms with E-state index >= 15 is 0 Å². The van der Waals surface area contributed by atoms with E-state index in [1.807, 2.05) is 6.07 Å². The maximum absolute atomic E-state index is 12.1. The number of hydrogen-bond donors (Lipinski definition) is 2. The van der Waals surface area contributed by atoms with E-state index < -0.39 is 12.1 Å². The molecule has 3 heterocycles. The summed E-state index contributed by atoms with van der Waals surface area (Å²) < 4.78 is 31.7. The van der Waals surface area contributed by atoms with Crippen LogP contribution < -0.4 is 10.2 Å². The third-order valence-corrected chi connectivity index (χ3v) is 4.90. The molecule has 3 rings (SSSR count). The Balaban J connectivity index is 0.000000345. The van der Waals surface area contributed by atoms with Gasteiger partial charge in [0.15, 0.2) is 0 Å². The lowest BCUT2D eigenvalue weighted by atomic mass is 10.0. The van der Waals surface area contributed by atoms with Gasteiger partial charge < -0.3 is 15.3 Å². The lowest BCUT2D eigenvalue weighted by Gasteiger charge is -2.33. The quantitative estimate of drug-likeness (QED) is 0.781. The van der Waals surface area contributed by atoms with Gasteiger partial charge in [0.2, 0.25) is 11.9 Å². The summed E-state index contributed by atoms with van der Waals surface area (Å²) in [6.45, 7) is 6.17. The number of fused-ring (bicyclic) bond motifs is 1. The fraction of sp³-hybridized carbons (Fsp3) is 0.647.